The Morgan fingerprint density at radius 3 is 2.93 bits per heavy atom. The summed E-state index contributed by atoms with van der Waals surface area (Å²) in [5.74, 6) is 0. The number of hydrogen-bond acceptors (Lipinski definition) is 2. The molecule has 0 unspecified atom stereocenters. The van der Waals surface area contributed by atoms with E-state index >= 15 is 0 Å². The zero-order chi connectivity index (χ0) is 10.7. The van der Waals surface area contributed by atoms with E-state index in [0.717, 1.165) is 29.7 Å². The summed E-state index contributed by atoms with van der Waals surface area (Å²) in [6, 6.07) is 7.48. The molecule has 0 spiro atoms. The summed E-state index contributed by atoms with van der Waals surface area (Å²) < 4.78 is 0. The fraction of sp³-hybridized carbons (Fsp3) is 0.167. The number of aromatic nitrogens is 2. The minimum absolute atomic E-state index is 0.680. The summed E-state index contributed by atoms with van der Waals surface area (Å²) in [5, 5.41) is 0. The van der Waals surface area contributed by atoms with Gasteiger partial charge in [0.05, 0.1) is 12.0 Å². The molecule has 0 aliphatic carbocycles. The SMILES string of the molecule is CCc1[nH]cnc1-c1ccccc1C=O. The van der Waals surface area contributed by atoms with Crippen molar-refractivity contribution >= 4 is 6.29 Å². The maximum Gasteiger partial charge on any atom is 0.150 e. The van der Waals surface area contributed by atoms with E-state index in [-0.39, 0.29) is 0 Å². The first-order valence-electron chi connectivity index (χ1n) is 4.93. The maximum absolute atomic E-state index is 10.9. The van der Waals surface area contributed by atoms with Crippen molar-refractivity contribution in [3.8, 4) is 11.3 Å². The highest BCUT2D eigenvalue weighted by Crippen LogP contribution is 2.23. The number of H-pyrrole nitrogens is 1. The van der Waals surface area contributed by atoms with Crippen LogP contribution in [0.25, 0.3) is 11.3 Å². The summed E-state index contributed by atoms with van der Waals surface area (Å²) in [4.78, 5) is 18.2. The summed E-state index contributed by atoms with van der Waals surface area (Å²) in [7, 11) is 0. The van der Waals surface area contributed by atoms with Gasteiger partial charge in [-0.1, -0.05) is 31.2 Å². The van der Waals surface area contributed by atoms with Crippen molar-refractivity contribution in [2.75, 3.05) is 0 Å². The van der Waals surface area contributed by atoms with Gasteiger partial charge in [-0.05, 0) is 6.42 Å². The monoisotopic (exact) mass is 200 g/mol. The van der Waals surface area contributed by atoms with Crippen LogP contribution in [0.1, 0.15) is 23.0 Å². The molecule has 15 heavy (non-hydrogen) atoms. The minimum atomic E-state index is 0.680. The number of hydrogen-bond donors (Lipinski definition) is 1. The second-order valence-corrected chi connectivity index (χ2v) is 3.29. The van der Waals surface area contributed by atoms with Crippen molar-refractivity contribution in [3.05, 3.63) is 41.9 Å². The zero-order valence-corrected chi connectivity index (χ0v) is 8.53. The number of carbonyl (C=O) groups is 1. The molecule has 0 radical (unpaired) electrons. The number of aldehydes is 1. The molecule has 3 heteroatoms. The Kier molecular flexibility index (Phi) is 2.63. The van der Waals surface area contributed by atoms with E-state index in [0.29, 0.717) is 5.56 Å². The standard InChI is InChI=1S/C12H12N2O/c1-2-11-12(14-8-13-11)10-6-4-3-5-9(10)7-15/h3-8H,2H2,1H3,(H,13,14). The lowest BCUT2D eigenvalue weighted by Crippen LogP contribution is -1.91. The number of aryl methyl sites for hydroxylation is 1. The van der Waals surface area contributed by atoms with Crippen molar-refractivity contribution in [1.29, 1.82) is 0 Å². The molecule has 0 amide bonds. The molecule has 0 atom stereocenters. The lowest BCUT2D eigenvalue weighted by Gasteiger charge is -2.03. The largest absolute Gasteiger partial charge is 0.348 e. The smallest absolute Gasteiger partial charge is 0.150 e. The van der Waals surface area contributed by atoms with Gasteiger partial charge in [0, 0.05) is 16.8 Å². The molecule has 76 valence electrons. The molecule has 2 aromatic rings. The molecule has 0 aliphatic heterocycles. The predicted octanol–water partition coefficient (Wildman–Crippen LogP) is 2.45. The average Bonchev–Trinajstić information content (AvgIpc) is 2.76. The van der Waals surface area contributed by atoms with Gasteiger partial charge in [-0.15, -0.1) is 0 Å². The molecule has 0 bridgehead atoms. The van der Waals surface area contributed by atoms with Crippen LogP contribution in [0.15, 0.2) is 30.6 Å². The highest BCUT2D eigenvalue weighted by molar-refractivity contribution is 5.86. The van der Waals surface area contributed by atoms with Crippen LogP contribution in [0.5, 0.6) is 0 Å². The van der Waals surface area contributed by atoms with E-state index in [1.807, 2.05) is 18.2 Å². The van der Waals surface area contributed by atoms with E-state index in [1.54, 1.807) is 12.4 Å². The molecule has 0 aliphatic rings. The summed E-state index contributed by atoms with van der Waals surface area (Å²) in [6.45, 7) is 2.06. The van der Waals surface area contributed by atoms with Crippen molar-refractivity contribution in [2.24, 2.45) is 0 Å². The second-order valence-electron chi connectivity index (χ2n) is 3.29. The van der Waals surface area contributed by atoms with Crippen LogP contribution in [0.3, 0.4) is 0 Å². The van der Waals surface area contributed by atoms with Gasteiger partial charge in [-0.25, -0.2) is 4.98 Å². The molecule has 3 nitrogen and oxygen atoms in total. The number of rotatable bonds is 3. The topological polar surface area (TPSA) is 45.8 Å². The lowest BCUT2D eigenvalue weighted by molar-refractivity contribution is 0.112. The Morgan fingerprint density at radius 2 is 2.20 bits per heavy atom. The van der Waals surface area contributed by atoms with E-state index in [4.69, 9.17) is 0 Å². The van der Waals surface area contributed by atoms with Crippen LogP contribution in [0, 0.1) is 0 Å². The van der Waals surface area contributed by atoms with Gasteiger partial charge in [0.2, 0.25) is 0 Å². The molecule has 1 heterocycles. The third-order valence-corrected chi connectivity index (χ3v) is 2.41. The van der Waals surface area contributed by atoms with Crippen LogP contribution < -0.4 is 0 Å². The highest BCUT2D eigenvalue weighted by Gasteiger charge is 2.09. The van der Waals surface area contributed by atoms with Gasteiger partial charge in [-0.3, -0.25) is 4.79 Å². The van der Waals surface area contributed by atoms with Gasteiger partial charge in [0.15, 0.2) is 6.29 Å². The van der Waals surface area contributed by atoms with Crippen molar-refractivity contribution in [3.63, 3.8) is 0 Å². The van der Waals surface area contributed by atoms with Crippen LogP contribution in [-0.2, 0) is 6.42 Å². The highest BCUT2D eigenvalue weighted by atomic mass is 16.1. The number of nitrogens with zero attached hydrogens (tertiary/aromatic N) is 1. The van der Waals surface area contributed by atoms with E-state index in [9.17, 15) is 4.79 Å². The third kappa shape index (κ3) is 1.68. The van der Waals surface area contributed by atoms with E-state index < -0.39 is 0 Å². The maximum atomic E-state index is 10.9. The molecule has 1 N–H and O–H groups in total. The Labute approximate surface area is 88.2 Å². The molecule has 1 aromatic carbocycles. The summed E-state index contributed by atoms with van der Waals surface area (Å²) in [5.41, 5.74) is 3.51. The Balaban J connectivity index is 2.58. The number of nitrogens with one attached hydrogen (secondary N) is 1. The Hall–Kier alpha value is -1.90. The normalized spacial score (nSPS) is 10.2. The summed E-state index contributed by atoms with van der Waals surface area (Å²) >= 11 is 0. The predicted molar refractivity (Wildman–Crippen MR) is 58.8 cm³/mol. The molecule has 0 fully saturated rings. The fourth-order valence-corrected chi connectivity index (χ4v) is 1.64. The first-order valence-corrected chi connectivity index (χ1v) is 4.93. The number of imidazole rings is 1. The van der Waals surface area contributed by atoms with E-state index in [1.165, 1.54) is 0 Å². The van der Waals surface area contributed by atoms with Gasteiger partial charge >= 0.3 is 0 Å². The van der Waals surface area contributed by atoms with Crippen LogP contribution in [-0.4, -0.2) is 16.3 Å². The molecular weight excluding hydrogens is 188 g/mol. The van der Waals surface area contributed by atoms with Crippen molar-refractivity contribution in [1.82, 2.24) is 9.97 Å². The van der Waals surface area contributed by atoms with Crippen molar-refractivity contribution < 1.29 is 4.79 Å². The number of aromatic amines is 1. The average molecular weight is 200 g/mol. The van der Waals surface area contributed by atoms with Crippen LogP contribution in [0.2, 0.25) is 0 Å². The van der Waals surface area contributed by atoms with Crippen LogP contribution in [0.4, 0.5) is 0 Å². The Bertz CT molecular complexity index is 474. The van der Waals surface area contributed by atoms with Gasteiger partial charge in [0.25, 0.3) is 0 Å². The summed E-state index contributed by atoms with van der Waals surface area (Å²) in [6.07, 6.45) is 3.40. The lowest BCUT2D eigenvalue weighted by atomic mass is 10.0. The van der Waals surface area contributed by atoms with Gasteiger partial charge in [-0.2, -0.15) is 0 Å². The molecule has 2 rings (SSSR count). The molecular formula is C12H12N2O. The minimum Gasteiger partial charge on any atom is -0.348 e. The van der Waals surface area contributed by atoms with Crippen molar-refractivity contribution in [2.45, 2.75) is 13.3 Å². The fourth-order valence-electron chi connectivity index (χ4n) is 1.64. The number of benzene rings is 1. The second kappa shape index (κ2) is 4.09. The first kappa shape index (κ1) is 9.65. The molecule has 0 saturated heterocycles. The third-order valence-electron chi connectivity index (χ3n) is 2.41. The Morgan fingerprint density at radius 1 is 1.40 bits per heavy atom. The van der Waals surface area contributed by atoms with E-state index in [2.05, 4.69) is 16.9 Å². The first-order chi connectivity index (χ1) is 7.36. The quantitative estimate of drug-likeness (QED) is 0.773. The van der Waals surface area contributed by atoms with Crippen LogP contribution >= 0.6 is 0 Å². The molecule has 1 aromatic heterocycles. The molecule has 0 saturated carbocycles. The van der Waals surface area contributed by atoms with Gasteiger partial charge < -0.3 is 4.98 Å². The number of carbonyl (C=O) groups excluding carboxylic acids is 1. The van der Waals surface area contributed by atoms with Gasteiger partial charge in [0.1, 0.15) is 0 Å². The zero-order valence-electron chi connectivity index (χ0n) is 8.53.